The van der Waals surface area contributed by atoms with Crippen LogP contribution in [-0.4, -0.2) is 68.9 Å². The van der Waals surface area contributed by atoms with Crippen molar-refractivity contribution < 1.29 is 71.4 Å². The maximum atomic E-state index is 14.5. The summed E-state index contributed by atoms with van der Waals surface area (Å²) in [6.07, 6.45) is 26.8. The zero-order valence-corrected chi connectivity index (χ0v) is 59.5. The molecule has 3 fully saturated rings. The Bertz CT molecular complexity index is 3570. The van der Waals surface area contributed by atoms with Gasteiger partial charge in [0.25, 0.3) is 0 Å². The third kappa shape index (κ3) is 23.8. The van der Waals surface area contributed by atoms with Crippen LogP contribution < -0.4 is 23.7 Å². The minimum atomic E-state index is -0.856. The molecule has 0 amide bonds. The van der Waals surface area contributed by atoms with Crippen LogP contribution in [0.15, 0.2) is 165 Å². The minimum Gasteiger partial charge on any atom is -0.494 e. The van der Waals surface area contributed by atoms with Gasteiger partial charge >= 0.3 is 35.8 Å². The average molecular weight is 1380 g/mol. The Kier molecular flexibility index (Phi) is 30.5. The summed E-state index contributed by atoms with van der Waals surface area (Å²) in [5, 5.41) is 0. The molecule has 538 valence electrons. The summed E-state index contributed by atoms with van der Waals surface area (Å²) in [5.74, 6) is 1.91. The highest BCUT2D eigenvalue weighted by Gasteiger charge is 2.43. The number of carbonyl (C=O) groups excluding carboxylic acids is 6. The van der Waals surface area contributed by atoms with Gasteiger partial charge in [0.15, 0.2) is 0 Å². The van der Waals surface area contributed by atoms with Gasteiger partial charge in [0.05, 0.1) is 56.0 Å². The van der Waals surface area contributed by atoms with E-state index in [0.29, 0.717) is 130 Å². The van der Waals surface area contributed by atoms with Gasteiger partial charge in [0.1, 0.15) is 41.0 Å². The van der Waals surface area contributed by atoms with Crippen molar-refractivity contribution in [1.82, 2.24) is 0 Å². The lowest BCUT2D eigenvalue weighted by atomic mass is 9.66. The average Bonchev–Trinajstić information content (AvgIpc) is 0.780. The molecule has 0 N–H and O–H groups in total. The first-order valence-electron chi connectivity index (χ1n) is 37.3. The number of hydrogen-bond acceptors (Lipinski definition) is 15. The third-order valence-corrected chi connectivity index (χ3v) is 20.3. The molecule has 3 aliphatic rings. The molecule has 3 aliphatic carbocycles. The molecule has 0 aromatic heterocycles. The summed E-state index contributed by atoms with van der Waals surface area (Å²) in [6.45, 7) is 13.7. The molecule has 6 aromatic rings. The summed E-state index contributed by atoms with van der Waals surface area (Å²) in [4.78, 5) is 77.2. The minimum absolute atomic E-state index is 0.250. The molecular formula is C86H104O15. The summed E-state index contributed by atoms with van der Waals surface area (Å²) in [5.41, 5.74) is 5.23. The Morgan fingerprint density at radius 3 is 1.46 bits per heavy atom. The van der Waals surface area contributed by atoms with Gasteiger partial charge in [-0.2, -0.15) is 0 Å². The molecule has 0 heterocycles. The van der Waals surface area contributed by atoms with Crippen LogP contribution in [0.4, 0.5) is 0 Å². The lowest BCUT2D eigenvalue weighted by molar-refractivity contribution is -0.152. The van der Waals surface area contributed by atoms with Crippen molar-refractivity contribution in [3.8, 4) is 51.0 Å². The van der Waals surface area contributed by atoms with Gasteiger partial charge in [-0.25, -0.2) is 19.2 Å². The van der Waals surface area contributed by atoms with Crippen LogP contribution in [0.2, 0.25) is 0 Å². The molecule has 15 nitrogen and oxygen atoms in total. The fourth-order valence-corrected chi connectivity index (χ4v) is 14.2. The molecule has 0 aliphatic heterocycles. The van der Waals surface area contributed by atoms with Crippen molar-refractivity contribution >= 4 is 35.8 Å². The molecule has 0 spiro atoms. The van der Waals surface area contributed by atoms with Crippen LogP contribution in [-0.2, 0) is 50.3 Å². The highest BCUT2D eigenvalue weighted by atomic mass is 16.6. The smallest absolute Gasteiger partial charge is 0.343 e. The van der Waals surface area contributed by atoms with Crippen LogP contribution in [0.3, 0.4) is 0 Å². The standard InChI is InChI=1S/C86H104O15/c1-5-9-11-15-55-94-75-46-48-76(49-47-75)98-61-63-23-50-79(100-84(91)71-36-42-74(43-37-71)93-56-16-12-13-17-57-95-80(87)7-3)78(60-63)68-28-26-65(27-29-68)66-34-40-73(41-35-66)86(53-51-67(52-54-86)64-24-21-62(22-25-64)20-10-6-2)101-85(92)72-38-44-77(45-39-72)99-83(90)70-32-30-69(31-33-70)82(89)97-59-19-14-18-58-96-81(88)8-4/h7-8,23,26-29,34-50,60,62,64,67,69-70H,3-6,9-22,24-25,30-33,51-59,61H2,1-2H3. The van der Waals surface area contributed by atoms with E-state index < -0.39 is 29.5 Å². The Hall–Kier alpha value is -8.98. The first-order valence-corrected chi connectivity index (χ1v) is 37.3. The van der Waals surface area contributed by atoms with E-state index in [1.165, 1.54) is 63.9 Å². The van der Waals surface area contributed by atoms with Gasteiger partial charge in [0.2, 0.25) is 0 Å². The molecule has 0 atom stereocenters. The van der Waals surface area contributed by atoms with Crippen molar-refractivity contribution in [2.45, 2.75) is 193 Å². The van der Waals surface area contributed by atoms with E-state index in [1.807, 2.05) is 54.6 Å². The number of unbranched alkanes of at least 4 members (excludes halogenated alkanes) is 9. The fourth-order valence-electron chi connectivity index (χ4n) is 14.2. The maximum absolute atomic E-state index is 14.5. The molecule has 101 heavy (non-hydrogen) atoms. The first-order chi connectivity index (χ1) is 49.3. The van der Waals surface area contributed by atoms with Crippen LogP contribution in [0.5, 0.6) is 28.7 Å². The van der Waals surface area contributed by atoms with Crippen LogP contribution in [0.1, 0.15) is 213 Å². The van der Waals surface area contributed by atoms with E-state index in [9.17, 15) is 28.8 Å². The zero-order chi connectivity index (χ0) is 71.0. The molecule has 0 radical (unpaired) electrons. The zero-order valence-electron chi connectivity index (χ0n) is 59.5. The number of hydrogen-bond donors (Lipinski definition) is 0. The second-order valence-corrected chi connectivity index (χ2v) is 27.4. The molecule has 0 unspecified atom stereocenters. The largest absolute Gasteiger partial charge is 0.494 e. The Balaban J connectivity index is 0.852. The van der Waals surface area contributed by atoms with Gasteiger partial charge in [-0.15, -0.1) is 0 Å². The highest BCUT2D eigenvalue weighted by molar-refractivity contribution is 5.93. The number of ether oxygens (including phenoxy) is 9. The number of rotatable bonds is 39. The molecule has 0 saturated heterocycles. The second-order valence-electron chi connectivity index (χ2n) is 27.4. The summed E-state index contributed by atoms with van der Waals surface area (Å²) in [7, 11) is 0. The van der Waals surface area contributed by atoms with Crippen molar-refractivity contribution in [3.63, 3.8) is 0 Å². The van der Waals surface area contributed by atoms with E-state index in [1.54, 1.807) is 48.5 Å². The van der Waals surface area contributed by atoms with Crippen LogP contribution in [0, 0.1) is 29.6 Å². The quantitative estimate of drug-likeness (QED) is 0.0117. The molecular weight excluding hydrogens is 1270 g/mol. The maximum Gasteiger partial charge on any atom is 0.343 e. The summed E-state index contributed by atoms with van der Waals surface area (Å²) in [6, 6.07) is 43.6. The second kappa shape index (κ2) is 40.5. The Morgan fingerprint density at radius 2 is 0.891 bits per heavy atom. The van der Waals surface area contributed by atoms with E-state index in [-0.39, 0.29) is 30.4 Å². The van der Waals surface area contributed by atoms with Gasteiger partial charge in [-0.05, 0) is 246 Å². The van der Waals surface area contributed by atoms with E-state index >= 15 is 0 Å². The number of carbonyl (C=O) groups is 6. The van der Waals surface area contributed by atoms with Gasteiger partial charge in [0, 0.05) is 17.7 Å². The molecule has 0 bridgehead atoms. The van der Waals surface area contributed by atoms with Crippen molar-refractivity contribution in [2.75, 3.05) is 33.0 Å². The molecule has 9 rings (SSSR count). The van der Waals surface area contributed by atoms with E-state index in [4.69, 9.17) is 42.6 Å². The van der Waals surface area contributed by atoms with Crippen molar-refractivity contribution in [2.24, 2.45) is 29.6 Å². The molecule has 3 saturated carbocycles. The Morgan fingerprint density at radius 1 is 0.426 bits per heavy atom. The summed E-state index contributed by atoms with van der Waals surface area (Å²) < 4.78 is 52.7. The first kappa shape index (κ1) is 76.2. The lowest BCUT2D eigenvalue weighted by Crippen LogP contribution is -2.38. The monoisotopic (exact) mass is 1380 g/mol. The van der Waals surface area contributed by atoms with E-state index in [2.05, 4.69) is 63.4 Å². The molecule has 6 aromatic carbocycles. The topological polar surface area (TPSA) is 185 Å². The lowest BCUT2D eigenvalue weighted by Gasteiger charge is -2.43. The Labute approximate surface area is 598 Å². The number of benzene rings is 6. The summed E-state index contributed by atoms with van der Waals surface area (Å²) >= 11 is 0. The van der Waals surface area contributed by atoms with Crippen molar-refractivity contribution in [3.05, 3.63) is 187 Å². The van der Waals surface area contributed by atoms with E-state index in [0.717, 1.165) is 109 Å². The fraction of sp³-hybridized carbons (Fsp3) is 0.465. The predicted octanol–water partition coefficient (Wildman–Crippen LogP) is 19.8. The normalized spacial score (nSPS) is 18.8. The number of esters is 6. The van der Waals surface area contributed by atoms with Gasteiger partial charge in [-0.1, -0.05) is 133 Å². The van der Waals surface area contributed by atoms with Gasteiger partial charge in [-0.3, -0.25) is 9.59 Å². The predicted molar refractivity (Wildman–Crippen MR) is 392 cm³/mol. The highest BCUT2D eigenvalue weighted by Crippen LogP contribution is 2.49. The van der Waals surface area contributed by atoms with Crippen LogP contribution in [0.25, 0.3) is 22.3 Å². The van der Waals surface area contributed by atoms with Crippen molar-refractivity contribution in [1.29, 1.82) is 0 Å². The van der Waals surface area contributed by atoms with Crippen LogP contribution >= 0.6 is 0 Å². The molecule has 15 heteroatoms. The SMILES string of the molecule is C=CC(=O)OCCCCCCOc1ccc(C(=O)Oc2ccc(COc3ccc(OCCCCCC)cc3)cc2-c2ccc(-c3ccc(C4(OC(=O)c5ccc(OC(=O)C6CCC(C(=O)OCCCCCOC(=O)C=C)CC6)cc5)CCC(C5CCC(CCCC)CC5)CC4)cc3)cc2)cc1. The third-order valence-electron chi connectivity index (χ3n) is 20.3. The van der Waals surface area contributed by atoms with Gasteiger partial charge < -0.3 is 42.6 Å².